The standard InChI is InChI=1S/C15H9F3N2O5/c1-25-15(22)7-3-2-4-8(5-7)19-14(21)9-6-10(20(23)24)12(17)13(18)11(9)16/h2-6H,1H3,(H,19,21). The minimum absolute atomic E-state index is 0.0136. The fraction of sp³-hybridized carbons (Fsp3) is 0.0667. The quantitative estimate of drug-likeness (QED) is 0.394. The molecule has 0 spiro atoms. The second kappa shape index (κ2) is 6.99. The molecular formula is C15H9F3N2O5. The number of esters is 1. The lowest BCUT2D eigenvalue weighted by Gasteiger charge is -2.08. The second-order valence-corrected chi connectivity index (χ2v) is 4.67. The SMILES string of the molecule is COC(=O)c1cccc(NC(=O)c2cc([N+](=O)[O-])c(F)c(F)c2F)c1. The summed E-state index contributed by atoms with van der Waals surface area (Å²) in [5, 5.41) is 12.8. The van der Waals surface area contributed by atoms with Gasteiger partial charge in [0.1, 0.15) is 0 Å². The van der Waals surface area contributed by atoms with E-state index in [0.29, 0.717) is 0 Å². The predicted octanol–water partition coefficient (Wildman–Crippen LogP) is 3.05. The molecule has 0 heterocycles. The smallest absolute Gasteiger partial charge is 0.337 e. The third kappa shape index (κ3) is 3.57. The summed E-state index contributed by atoms with van der Waals surface area (Å²) in [6.07, 6.45) is 0. The van der Waals surface area contributed by atoms with Crippen LogP contribution in [0.4, 0.5) is 24.5 Å². The number of hydrogen-bond acceptors (Lipinski definition) is 5. The van der Waals surface area contributed by atoms with Gasteiger partial charge in [0.2, 0.25) is 11.6 Å². The van der Waals surface area contributed by atoms with Gasteiger partial charge in [-0.1, -0.05) is 6.07 Å². The third-order valence-corrected chi connectivity index (χ3v) is 3.11. The van der Waals surface area contributed by atoms with Crippen LogP contribution >= 0.6 is 0 Å². The van der Waals surface area contributed by atoms with Crippen molar-refractivity contribution in [1.29, 1.82) is 0 Å². The van der Waals surface area contributed by atoms with E-state index in [2.05, 4.69) is 10.1 Å². The monoisotopic (exact) mass is 354 g/mol. The van der Waals surface area contributed by atoms with Crippen molar-refractivity contribution in [1.82, 2.24) is 0 Å². The molecule has 130 valence electrons. The van der Waals surface area contributed by atoms with E-state index in [4.69, 9.17) is 0 Å². The molecule has 1 amide bonds. The number of benzene rings is 2. The molecule has 0 saturated heterocycles. The number of nitro groups is 1. The summed E-state index contributed by atoms with van der Waals surface area (Å²) in [7, 11) is 1.14. The molecule has 10 heteroatoms. The molecule has 0 radical (unpaired) electrons. The van der Waals surface area contributed by atoms with Crippen molar-refractivity contribution < 1.29 is 32.4 Å². The Hall–Kier alpha value is -3.43. The molecule has 1 N–H and O–H groups in total. The highest BCUT2D eigenvalue weighted by molar-refractivity contribution is 6.05. The van der Waals surface area contributed by atoms with E-state index in [1.54, 1.807) is 0 Å². The Morgan fingerprint density at radius 1 is 1.12 bits per heavy atom. The number of carbonyl (C=O) groups is 2. The van der Waals surface area contributed by atoms with Gasteiger partial charge in [-0.05, 0) is 18.2 Å². The van der Waals surface area contributed by atoms with Gasteiger partial charge in [-0.25, -0.2) is 13.6 Å². The van der Waals surface area contributed by atoms with E-state index in [1.165, 1.54) is 24.3 Å². The molecule has 7 nitrogen and oxygen atoms in total. The minimum Gasteiger partial charge on any atom is -0.465 e. The highest BCUT2D eigenvalue weighted by atomic mass is 19.2. The number of nitro benzene ring substituents is 1. The largest absolute Gasteiger partial charge is 0.465 e. The molecule has 0 bridgehead atoms. The summed E-state index contributed by atoms with van der Waals surface area (Å²) < 4.78 is 45.0. The Morgan fingerprint density at radius 3 is 2.40 bits per heavy atom. The van der Waals surface area contributed by atoms with Crippen LogP contribution in [-0.2, 0) is 4.74 Å². The van der Waals surface area contributed by atoms with E-state index in [-0.39, 0.29) is 17.3 Å². The average molecular weight is 354 g/mol. The molecule has 0 aliphatic heterocycles. The Morgan fingerprint density at radius 2 is 1.80 bits per heavy atom. The number of halogens is 3. The molecule has 2 rings (SSSR count). The van der Waals surface area contributed by atoms with E-state index >= 15 is 0 Å². The number of nitrogens with one attached hydrogen (secondary N) is 1. The van der Waals surface area contributed by atoms with Gasteiger partial charge in [-0.15, -0.1) is 0 Å². The second-order valence-electron chi connectivity index (χ2n) is 4.67. The molecule has 2 aromatic rings. The summed E-state index contributed by atoms with van der Waals surface area (Å²) >= 11 is 0. The Balaban J connectivity index is 2.39. The number of hydrogen-bond donors (Lipinski definition) is 1. The molecule has 25 heavy (non-hydrogen) atoms. The van der Waals surface area contributed by atoms with Crippen LogP contribution in [-0.4, -0.2) is 23.9 Å². The zero-order chi connectivity index (χ0) is 18.7. The maximum absolute atomic E-state index is 13.7. The Kier molecular flexibility index (Phi) is 5.01. The van der Waals surface area contributed by atoms with E-state index in [1.807, 2.05) is 0 Å². The van der Waals surface area contributed by atoms with Gasteiger partial charge in [-0.3, -0.25) is 14.9 Å². The van der Waals surface area contributed by atoms with Crippen LogP contribution in [0.15, 0.2) is 30.3 Å². The summed E-state index contributed by atoms with van der Waals surface area (Å²) in [6, 6.07) is 5.57. The normalized spacial score (nSPS) is 10.2. The van der Waals surface area contributed by atoms with Crippen molar-refractivity contribution in [2.45, 2.75) is 0 Å². The summed E-state index contributed by atoms with van der Waals surface area (Å²) in [4.78, 5) is 32.8. The number of anilines is 1. The topological polar surface area (TPSA) is 98.5 Å². The first-order valence-electron chi connectivity index (χ1n) is 6.58. The summed E-state index contributed by atoms with van der Waals surface area (Å²) in [5.41, 5.74) is -2.36. The zero-order valence-electron chi connectivity index (χ0n) is 12.5. The van der Waals surface area contributed by atoms with Crippen molar-refractivity contribution in [2.24, 2.45) is 0 Å². The van der Waals surface area contributed by atoms with Crippen molar-refractivity contribution in [3.8, 4) is 0 Å². The highest BCUT2D eigenvalue weighted by Crippen LogP contribution is 2.26. The van der Waals surface area contributed by atoms with Gasteiger partial charge >= 0.3 is 11.7 Å². The van der Waals surface area contributed by atoms with E-state index in [9.17, 15) is 32.9 Å². The van der Waals surface area contributed by atoms with Gasteiger partial charge in [0, 0.05) is 11.8 Å². The molecule has 0 aliphatic rings. The molecule has 0 saturated carbocycles. The predicted molar refractivity (Wildman–Crippen MR) is 78.7 cm³/mol. The molecule has 0 unspecified atom stereocenters. The summed E-state index contributed by atoms with van der Waals surface area (Å²) in [5.74, 6) is -7.98. The minimum atomic E-state index is -2.14. The highest BCUT2D eigenvalue weighted by Gasteiger charge is 2.28. The lowest BCUT2D eigenvalue weighted by molar-refractivity contribution is -0.387. The van der Waals surface area contributed by atoms with Crippen LogP contribution in [0.5, 0.6) is 0 Å². The first-order valence-corrected chi connectivity index (χ1v) is 6.58. The van der Waals surface area contributed by atoms with E-state index < -0.39 is 45.5 Å². The Bertz CT molecular complexity index is 886. The van der Waals surface area contributed by atoms with Crippen LogP contribution in [0.1, 0.15) is 20.7 Å². The molecule has 0 aromatic heterocycles. The third-order valence-electron chi connectivity index (χ3n) is 3.11. The Labute approximate surface area is 138 Å². The van der Waals surface area contributed by atoms with Crippen LogP contribution in [0, 0.1) is 27.6 Å². The van der Waals surface area contributed by atoms with Crippen LogP contribution in [0.3, 0.4) is 0 Å². The molecule has 0 aliphatic carbocycles. The van der Waals surface area contributed by atoms with Crippen molar-refractivity contribution in [3.05, 3.63) is 69.0 Å². The molecule has 2 aromatic carbocycles. The lowest BCUT2D eigenvalue weighted by atomic mass is 10.1. The summed E-state index contributed by atoms with van der Waals surface area (Å²) in [6.45, 7) is 0. The average Bonchev–Trinajstić information content (AvgIpc) is 2.59. The maximum atomic E-state index is 13.7. The van der Waals surface area contributed by atoms with Gasteiger partial charge in [0.25, 0.3) is 5.91 Å². The zero-order valence-corrected chi connectivity index (χ0v) is 12.5. The lowest BCUT2D eigenvalue weighted by Crippen LogP contribution is -2.16. The first-order chi connectivity index (χ1) is 11.8. The van der Waals surface area contributed by atoms with Crippen LogP contribution < -0.4 is 5.32 Å². The van der Waals surface area contributed by atoms with Crippen molar-refractivity contribution in [3.63, 3.8) is 0 Å². The maximum Gasteiger partial charge on any atom is 0.337 e. The first kappa shape index (κ1) is 17.9. The number of nitrogens with zero attached hydrogens (tertiary/aromatic N) is 1. The van der Waals surface area contributed by atoms with Crippen molar-refractivity contribution >= 4 is 23.3 Å². The van der Waals surface area contributed by atoms with Crippen LogP contribution in [0.25, 0.3) is 0 Å². The number of methoxy groups -OCH3 is 1. The number of ether oxygens (including phenoxy) is 1. The fourth-order valence-electron chi connectivity index (χ4n) is 1.93. The van der Waals surface area contributed by atoms with Crippen LogP contribution in [0.2, 0.25) is 0 Å². The number of carbonyl (C=O) groups excluding carboxylic acids is 2. The molecule has 0 atom stereocenters. The van der Waals surface area contributed by atoms with Gasteiger partial charge < -0.3 is 10.1 Å². The molecule has 0 fully saturated rings. The fourth-order valence-corrected chi connectivity index (χ4v) is 1.93. The number of amides is 1. The number of rotatable bonds is 4. The van der Waals surface area contributed by atoms with Gasteiger partial charge in [-0.2, -0.15) is 4.39 Å². The van der Waals surface area contributed by atoms with Gasteiger partial charge in [0.15, 0.2) is 5.82 Å². The van der Waals surface area contributed by atoms with Crippen molar-refractivity contribution in [2.75, 3.05) is 12.4 Å². The van der Waals surface area contributed by atoms with Gasteiger partial charge in [0.05, 0.1) is 23.2 Å². The molecular weight excluding hydrogens is 345 g/mol. The van der Waals surface area contributed by atoms with E-state index in [0.717, 1.165) is 7.11 Å².